The van der Waals surface area contributed by atoms with E-state index in [1.807, 2.05) is 31.2 Å². The van der Waals surface area contributed by atoms with Crippen molar-refractivity contribution in [2.45, 2.75) is 13.3 Å². The molecule has 0 spiro atoms. The summed E-state index contributed by atoms with van der Waals surface area (Å²) in [6, 6.07) is 10.6. The Bertz CT molecular complexity index is 692. The number of aromatic amines is 1. The molecule has 2 N–H and O–H groups in total. The van der Waals surface area contributed by atoms with E-state index in [-0.39, 0.29) is 11.5 Å². The van der Waals surface area contributed by atoms with Crippen LogP contribution in [0.4, 0.5) is 0 Å². The monoisotopic (exact) mass is 286 g/mol. The molecule has 0 saturated carbocycles. The fraction of sp³-hybridized carbons (Fsp3) is 0.250. The van der Waals surface area contributed by atoms with Crippen LogP contribution in [-0.2, 0) is 0 Å². The van der Waals surface area contributed by atoms with Crippen molar-refractivity contribution in [3.63, 3.8) is 0 Å². The maximum atomic E-state index is 12.0. The molecule has 1 amide bonds. The number of methoxy groups -OCH3 is 1. The average Bonchev–Trinajstić information content (AvgIpc) is 2.52. The average molecular weight is 286 g/mol. The summed E-state index contributed by atoms with van der Waals surface area (Å²) in [5, 5.41) is 2.69. The van der Waals surface area contributed by atoms with Crippen LogP contribution in [0.15, 0.2) is 41.2 Å². The van der Waals surface area contributed by atoms with Gasteiger partial charge in [0.25, 0.3) is 11.5 Å². The molecule has 0 atom stereocenters. The lowest BCUT2D eigenvalue weighted by atomic mass is 10.1. The van der Waals surface area contributed by atoms with Crippen molar-refractivity contribution >= 4 is 5.91 Å². The van der Waals surface area contributed by atoms with Gasteiger partial charge in [0.1, 0.15) is 11.3 Å². The number of carbonyl (C=O) groups excluding carboxylic acids is 1. The molecule has 0 radical (unpaired) electrons. The number of amides is 1. The molecule has 0 aliphatic rings. The third-order valence-corrected chi connectivity index (χ3v) is 3.07. The second-order valence-electron chi connectivity index (χ2n) is 4.60. The van der Waals surface area contributed by atoms with E-state index in [0.29, 0.717) is 18.0 Å². The molecule has 0 unspecified atom stereocenters. The van der Waals surface area contributed by atoms with E-state index in [2.05, 4.69) is 10.3 Å². The minimum Gasteiger partial charge on any atom is -0.497 e. The van der Waals surface area contributed by atoms with E-state index in [0.717, 1.165) is 12.0 Å². The fourth-order valence-corrected chi connectivity index (χ4v) is 1.95. The standard InChI is InChI=1S/C16H18N2O3/c1-3-9-17-15(19)13-7-8-14(18-16(13)20)11-5-4-6-12(10-11)21-2/h4-8,10H,3,9H2,1-2H3,(H,17,19)(H,18,20). The highest BCUT2D eigenvalue weighted by molar-refractivity contribution is 5.94. The van der Waals surface area contributed by atoms with Crippen molar-refractivity contribution in [1.29, 1.82) is 0 Å². The Morgan fingerprint density at radius 3 is 2.76 bits per heavy atom. The Morgan fingerprint density at radius 1 is 1.29 bits per heavy atom. The third kappa shape index (κ3) is 3.51. The number of rotatable bonds is 5. The largest absolute Gasteiger partial charge is 0.497 e. The van der Waals surface area contributed by atoms with Crippen LogP contribution in [0, 0.1) is 0 Å². The minimum absolute atomic E-state index is 0.120. The van der Waals surface area contributed by atoms with Crippen LogP contribution in [-0.4, -0.2) is 24.5 Å². The van der Waals surface area contributed by atoms with Crippen LogP contribution < -0.4 is 15.6 Å². The predicted molar refractivity (Wildman–Crippen MR) is 81.7 cm³/mol. The number of pyridine rings is 1. The minimum atomic E-state index is -0.399. The fourth-order valence-electron chi connectivity index (χ4n) is 1.95. The summed E-state index contributed by atoms with van der Waals surface area (Å²) >= 11 is 0. The SMILES string of the molecule is CCCNC(=O)c1ccc(-c2cccc(OC)c2)[nH]c1=O. The first-order chi connectivity index (χ1) is 10.2. The topological polar surface area (TPSA) is 71.2 Å². The van der Waals surface area contributed by atoms with Gasteiger partial charge in [-0.25, -0.2) is 0 Å². The lowest BCUT2D eigenvalue weighted by molar-refractivity contribution is 0.0952. The van der Waals surface area contributed by atoms with Crippen molar-refractivity contribution < 1.29 is 9.53 Å². The third-order valence-electron chi connectivity index (χ3n) is 3.07. The van der Waals surface area contributed by atoms with Crippen molar-refractivity contribution in [1.82, 2.24) is 10.3 Å². The summed E-state index contributed by atoms with van der Waals surface area (Å²) < 4.78 is 5.16. The Labute approximate surface area is 123 Å². The number of H-pyrrole nitrogens is 1. The zero-order valence-corrected chi connectivity index (χ0v) is 12.1. The Kier molecular flexibility index (Phi) is 4.77. The lowest BCUT2D eigenvalue weighted by Crippen LogP contribution is -2.30. The van der Waals surface area contributed by atoms with Crippen LogP contribution >= 0.6 is 0 Å². The molecule has 0 aliphatic heterocycles. The highest BCUT2D eigenvalue weighted by Gasteiger charge is 2.10. The van der Waals surface area contributed by atoms with Crippen LogP contribution in [0.5, 0.6) is 5.75 Å². The Morgan fingerprint density at radius 2 is 2.10 bits per heavy atom. The van der Waals surface area contributed by atoms with E-state index in [9.17, 15) is 9.59 Å². The number of hydrogen-bond acceptors (Lipinski definition) is 3. The number of benzene rings is 1. The molecule has 2 aromatic rings. The van der Waals surface area contributed by atoms with E-state index in [1.165, 1.54) is 0 Å². The molecule has 110 valence electrons. The van der Waals surface area contributed by atoms with E-state index < -0.39 is 5.56 Å². The summed E-state index contributed by atoms with van der Waals surface area (Å²) in [7, 11) is 1.59. The summed E-state index contributed by atoms with van der Waals surface area (Å²) in [5.41, 5.74) is 1.19. The zero-order chi connectivity index (χ0) is 15.2. The molecular formula is C16H18N2O3. The van der Waals surface area contributed by atoms with Gasteiger partial charge < -0.3 is 15.0 Å². The molecule has 21 heavy (non-hydrogen) atoms. The number of aromatic nitrogens is 1. The first-order valence-corrected chi connectivity index (χ1v) is 6.81. The van der Waals surface area contributed by atoms with Crippen LogP contribution in [0.3, 0.4) is 0 Å². The normalized spacial score (nSPS) is 10.2. The van der Waals surface area contributed by atoms with Gasteiger partial charge in [0.2, 0.25) is 0 Å². The molecule has 5 heteroatoms. The van der Waals surface area contributed by atoms with Gasteiger partial charge in [0.15, 0.2) is 0 Å². The first-order valence-electron chi connectivity index (χ1n) is 6.81. The summed E-state index contributed by atoms with van der Waals surface area (Å²) in [4.78, 5) is 26.6. The first kappa shape index (κ1) is 14.8. The number of hydrogen-bond donors (Lipinski definition) is 2. The van der Waals surface area contributed by atoms with Gasteiger partial charge in [-0.15, -0.1) is 0 Å². The number of ether oxygens (including phenoxy) is 1. The van der Waals surface area contributed by atoms with Gasteiger partial charge in [-0.3, -0.25) is 9.59 Å². The van der Waals surface area contributed by atoms with Gasteiger partial charge in [0, 0.05) is 17.8 Å². The second-order valence-corrected chi connectivity index (χ2v) is 4.60. The number of carbonyl (C=O) groups is 1. The van der Waals surface area contributed by atoms with E-state index >= 15 is 0 Å². The quantitative estimate of drug-likeness (QED) is 0.885. The van der Waals surface area contributed by atoms with Gasteiger partial charge in [-0.05, 0) is 30.7 Å². The highest BCUT2D eigenvalue weighted by Crippen LogP contribution is 2.21. The van der Waals surface area contributed by atoms with Crippen LogP contribution in [0.2, 0.25) is 0 Å². The van der Waals surface area contributed by atoms with Crippen molar-refractivity contribution in [3.8, 4) is 17.0 Å². The maximum absolute atomic E-state index is 12.0. The molecule has 5 nitrogen and oxygen atoms in total. The van der Waals surface area contributed by atoms with Crippen molar-refractivity contribution in [2.24, 2.45) is 0 Å². The molecule has 2 rings (SSSR count). The Hall–Kier alpha value is -2.56. The van der Waals surface area contributed by atoms with Crippen molar-refractivity contribution in [3.05, 3.63) is 52.3 Å². The number of nitrogens with one attached hydrogen (secondary N) is 2. The maximum Gasteiger partial charge on any atom is 0.261 e. The van der Waals surface area contributed by atoms with Gasteiger partial charge in [-0.2, -0.15) is 0 Å². The molecule has 0 fully saturated rings. The molecule has 1 heterocycles. The molecular weight excluding hydrogens is 268 g/mol. The van der Waals surface area contributed by atoms with Crippen LogP contribution in [0.1, 0.15) is 23.7 Å². The predicted octanol–water partition coefficient (Wildman–Crippen LogP) is 2.19. The second kappa shape index (κ2) is 6.74. The summed E-state index contributed by atoms with van der Waals surface area (Å²) in [6.07, 6.45) is 0.825. The molecule has 0 bridgehead atoms. The summed E-state index contributed by atoms with van der Waals surface area (Å²) in [6.45, 7) is 2.51. The van der Waals surface area contributed by atoms with Crippen molar-refractivity contribution in [2.75, 3.05) is 13.7 Å². The van der Waals surface area contributed by atoms with Crippen LogP contribution in [0.25, 0.3) is 11.3 Å². The molecule has 1 aromatic heterocycles. The van der Waals surface area contributed by atoms with E-state index in [1.54, 1.807) is 19.2 Å². The lowest BCUT2D eigenvalue weighted by Gasteiger charge is -2.06. The summed E-state index contributed by atoms with van der Waals surface area (Å²) in [5.74, 6) is 0.355. The highest BCUT2D eigenvalue weighted by atomic mass is 16.5. The Balaban J connectivity index is 2.30. The molecule has 0 aliphatic carbocycles. The molecule has 1 aromatic carbocycles. The van der Waals surface area contributed by atoms with Gasteiger partial charge in [-0.1, -0.05) is 19.1 Å². The van der Waals surface area contributed by atoms with Gasteiger partial charge >= 0.3 is 0 Å². The molecule has 0 saturated heterocycles. The van der Waals surface area contributed by atoms with Gasteiger partial charge in [0.05, 0.1) is 7.11 Å². The smallest absolute Gasteiger partial charge is 0.261 e. The van der Waals surface area contributed by atoms with E-state index in [4.69, 9.17) is 4.74 Å². The zero-order valence-electron chi connectivity index (χ0n) is 12.1.